The van der Waals surface area contributed by atoms with E-state index in [1.165, 1.54) is 32.2 Å². The van der Waals surface area contributed by atoms with Gasteiger partial charge < -0.3 is 19.5 Å². The van der Waals surface area contributed by atoms with E-state index in [2.05, 4.69) is 10.0 Å². The molecule has 0 fully saturated rings. The number of fused-ring (bicyclic) bond motifs is 1. The Bertz CT molecular complexity index is 1050. The van der Waals surface area contributed by atoms with E-state index in [0.717, 1.165) is 12.0 Å². The number of methoxy groups -OCH3 is 1. The number of amides is 1. The Labute approximate surface area is 182 Å². The molecule has 1 aliphatic heterocycles. The van der Waals surface area contributed by atoms with E-state index in [0.29, 0.717) is 30.5 Å². The van der Waals surface area contributed by atoms with Gasteiger partial charge in [0.1, 0.15) is 5.75 Å². The Morgan fingerprint density at radius 1 is 1.06 bits per heavy atom. The van der Waals surface area contributed by atoms with E-state index < -0.39 is 16.1 Å². The van der Waals surface area contributed by atoms with Crippen LogP contribution in [0.3, 0.4) is 0 Å². The Morgan fingerprint density at radius 2 is 1.77 bits per heavy atom. The molecule has 1 aliphatic rings. The first kappa shape index (κ1) is 22.9. The number of carbonyl (C=O) groups is 1. The van der Waals surface area contributed by atoms with Crippen molar-refractivity contribution in [3.8, 4) is 17.2 Å². The fourth-order valence-corrected chi connectivity index (χ4v) is 4.74. The van der Waals surface area contributed by atoms with E-state index in [1.54, 1.807) is 0 Å². The van der Waals surface area contributed by atoms with Crippen LogP contribution in [-0.2, 0) is 14.8 Å². The molecule has 9 heteroatoms. The van der Waals surface area contributed by atoms with Crippen molar-refractivity contribution in [2.24, 2.45) is 5.92 Å². The predicted molar refractivity (Wildman–Crippen MR) is 117 cm³/mol. The van der Waals surface area contributed by atoms with Crippen LogP contribution in [0.4, 0.5) is 5.69 Å². The molecule has 0 saturated carbocycles. The summed E-state index contributed by atoms with van der Waals surface area (Å²) in [5.74, 6) is 1.28. The van der Waals surface area contributed by atoms with Crippen molar-refractivity contribution in [1.29, 1.82) is 0 Å². The molecule has 8 nitrogen and oxygen atoms in total. The van der Waals surface area contributed by atoms with Crippen LogP contribution in [0.15, 0.2) is 41.3 Å². The number of hydrogen-bond acceptors (Lipinski definition) is 6. The molecular weight excluding hydrogens is 420 g/mol. The summed E-state index contributed by atoms with van der Waals surface area (Å²) < 4.78 is 45.8. The first-order chi connectivity index (χ1) is 14.7. The summed E-state index contributed by atoms with van der Waals surface area (Å²) in [6.07, 6.45) is 0.790. The second-order valence-electron chi connectivity index (χ2n) is 7.64. The Hall–Kier alpha value is -2.78. The number of hydrogen-bond donors (Lipinski definition) is 2. The summed E-state index contributed by atoms with van der Waals surface area (Å²) in [7, 11) is -2.44. The quantitative estimate of drug-likeness (QED) is 0.672. The van der Waals surface area contributed by atoms with Crippen molar-refractivity contribution >= 4 is 21.6 Å². The Morgan fingerprint density at radius 3 is 2.42 bits per heavy atom. The monoisotopic (exact) mass is 448 g/mol. The summed E-state index contributed by atoms with van der Waals surface area (Å²) >= 11 is 0. The van der Waals surface area contributed by atoms with Gasteiger partial charge in [0.05, 0.1) is 30.9 Å². The third kappa shape index (κ3) is 5.48. The highest BCUT2D eigenvalue weighted by Crippen LogP contribution is 2.35. The fourth-order valence-electron chi connectivity index (χ4n) is 3.34. The smallest absolute Gasteiger partial charge is 0.241 e. The molecule has 0 radical (unpaired) electrons. The standard InChI is InChI=1S/C22H28N2O6S/c1-14(2)22(16-6-8-20-21(12-16)30-11-5-10-29-20)24-31(26,27)17-7-9-19(28-4)18(13-17)23-15(3)25/h6-9,12-14,22,24H,5,10-11H2,1-4H3,(H,23,25). The highest BCUT2D eigenvalue weighted by Gasteiger charge is 2.26. The largest absolute Gasteiger partial charge is 0.495 e. The fraction of sp³-hybridized carbons (Fsp3) is 0.409. The van der Waals surface area contributed by atoms with Crippen LogP contribution < -0.4 is 24.2 Å². The SMILES string of the molecule is COc1ccc(S(=O)(=O)NC(c2ccc3c(c2)OCCCO3)C(C)C)cc1NC(C)=O. The average molecular weight is 449 g/mol. The van der Waals surface area contributed by atoms with Crippen LogP contribution in [0.2, 0.25) is 0 Å². The third-order valence-electron chi connectivity index (χ3n) is 4.87. The third-order valence-corrected chi connectivity index (χ3v) is 6.31. The van der Waals surface area contributed by atoms with Gasteiger partial charge in [-0.1, -0.05) is 19.9 Å². The van der Waals surface area contributed by atoms with Gasteiger partial charge in [-0.15, -0.1) is 0 Å². The maximum absolute atomic E-state index is 13.2. The molecule has 1 amide bonds. The Balaban J connectivity index is 1.92. The van der Waals surface area contributed by atoms with Crippen molar-refractivity contribution in [2.75, 3.05) is 25.6 Å². The average Bonchev–Trinajstić information content (AvgIpc) is 2.96. The molecule has 3 rings (SSSR count). The number of benzene rings is 2. The van der Waals surface area contributed by atoms with Crippen molar-refractivity contribution in [1.82, 2.24) is 4.72 Å². The lowest BCUT2D eigenvalue weighted by atomic mass is 9.97. The van der Waals surface area contributed by atoms with E-state index >= 15 is 0 Å². The molecule has 0 aliphatic carbocycles. The molecular formula is C22H28N2O6S. The first-order valence-corrected chi connectivity index (χ1v) is 11.6. The second-order valence-corrected chi connectivity index (χ2v) is 9.36. The number of carbonyl (C=O) groups excluding carboxylic acids is 1. The minimum atomic E-state index is -3.89. The number of nitrogens with one attached hydrogen (secondary N) is 2. The summed E-state index contributed by atoms with van der Waals surface area (Å²) in [5, 5.41) is 2.60. The van der Waals surface area contributed by atoms with Crippen LogP contribution in [0, 0.1) is 5.92 Å². The van der Waals surface area contributed by atoms with Gasteiger partial charge in [-0.2, -0.15) is 0 Å². The van der Waals surface area contributed by atoms with E-state index in [-0.39, 0.29) is 22.4 Å². The van der Waals surface area contributed by atoms with Gasteiger partial charge in [0, 0.05) is 19.4 Å². The molecule has 2 aromatic rings. The van der Waals surface area contributed by atoms with Crippen LogP contribution in [0.5, 0.6) is 17.2 Å². The molecule has 2 N–H and O–H groups in total. The van der Waals surface area contributed by atoms with E-state index in [9.17, 15) is 13.2 Å². The molecule has 2 aromatic carbocycles. The molecule has 0 saturated heterocycles. The summed E-state index contributed by atoms with van der Waals surface area (Å²) in [6.45, 7) is 6.35. The van der Waals surface area contributed by atoms with Crippen LogP contribution in [0.25, 0.3) is 0 Å². The van der Waals surface area contributed by atoms with E-state index in [4.69, 9.17) is 14.2 Å². The van der Waals surface area contributed by atoms with Gasteiger partial charge in [-0.25, -0.2) is 13.1 Å². The first-order valence-electron chi connectivity index (χ1n) is 10.1. The second kappa shape index (κ2) is 9.57. The van der Waals surface area contributed by atoms with Gasteiger partial charge in [0.2, 0.25) is 15.9 Å². The lowest BCUT2D eigenvalue weighted by Crippen LogP contribution is -2.32. The van der Waals surface area contributed by atoms with Gasteiger partial charge in [-0.3, -0.25) is 4.79 Å². The number of sulfonamides is 1. The zero-order chi connectivity index (χ0) is 22.6. The highest BCUT2D eigenvalue weighted by molar-refractivity contribution is 7.89. The van der Waals surface area contributed by atoms with E-state index in [1.807, 2.05) is 32.0 Å². The number of rotatable bonds is 7. The van der Waals surface area contributed by atoms with Gasteiger partial charge in [0.25, 0.3) is 0 Å². The van der Waals surface area contributed by atoms with Gasteiger partial charge in [0.15, 0.2) is 11.5 Å². The van der Waals surface area contributed by atoms with Crippen LogP contribution in [0.1, 0.15) is 38.8 Å². The summed E-state index contributed by atoms with van der Waals surface area (Å²) in [6, 6.07) is 9.32. The minimum Gasteiger partial charge on any atom is -0.495 e. The van der Waals surface area contributed by atoms with Crippen molar-refractivity contribution in [3.05, 3.63) is 42.0 Å². The lowest BCUT2D eigenvalue weighted by Gasteiger charge is -2.24. The summed E-state index contributed by atoms with van der Waals surface area (Å²) in [4.78, 5) is 11.5. The van der Waals surface area contributed by atoms with Gasteiger partial charge >= 0.3 is 0 Å². The Kier molecular flexibility index (Phi) is 7.07. The summed E-state index contributed by atoms with van der Waals surface area (Å²) in [5.41, 5.74) is 1.06. The molecule has 168 valence electrons. The molecule has 0 bridgehead atoms. The maximum Gasteiger partial charge on any atom is 0.241 e. The lowest BCUT2D eigenvalue weighted by molar-refractivity contribution is -0.114. The highest BCUT2D eigenvalue weighted by atomic mass is 32.2. The van der Waals surface area contributed by atoms with Crippen molar-refractivity contribution in [2.45, 2.75) is 38.1 Å². The normalized spacial score (nSPS) is 14.6. The van der Waals surface area contributed by atoms with Crippen LogP contribution in [-0.4, -0.2) is 34.6 Å². The maximum atomic E-state index is 13.2. The molecule has 31 heavy (non-hydrogen) atoms. The zero-order valence-corrected chi connectivity index (χ0v) is 18.9. The molecule has 1 unspecified atom stereocenters. The topological polar surface area (TPSA) is 103 Å². The molecule has 0 aromatic heterocycles. The molecule has 1 atom stereocenters. The van der Waals surface area contributed by atoms with Gasteiger partial charge in [-0.05, 0) is 41.8 Å². The predicted octanol–water partition coefficient (Wildman–Crippen LogP) is 3.49. The van der Waals surface area contributed by atoms with Crippen molar-refractivity contribution in [3.63, 3.8) is 0 Å². The zero-order valence-electron chi connectivity index (χ0n) is 18.1. The molecule has 1 heterocycles. The van der Waals surface area contributed by atoms with Crippen molar-refractivity contribution < 1.29 is 27.4 Å². The van der Waals surface area contributed by atoms with Crippen LogP contribution >= 0.6 is 0 Å². The number of ether oxygens (including phenoxy) is 3. The molecule has 0 spiro atoms. The minimum absolute atomic E-state index is 0.0250. The number of anilines is 1.